The van der Waals surface area contributed by atoms with E-state index in [1.165, 1.54) is 24.0 Å². The van der Waals surface area contributed by atoms with Gasteiger partial charge in [0.1, 0.15) is 11.5 Å². The second kappa shape index (κ2) is 9.78. The third-order valence-corrected chi connectivity index (χ3v) is 7.60. The second-order valence-corrected chi connectivity index (χ2v) is 10.00. The molecule has 3 aromatic heterocycles. The van der Waals surface area contributed by atoms with E-state index in [2.05, 4.69) is 46.3 Å². The number of fused-ring (bicyclic) bond motifs is 1. The molecule has 1 aromatic carbocycles. The normalized spacial score (nSPS) is 16.7. The molecule has 6 nitrogen and oxygen atoms in total. The number of hydrogen-bond donors (Lipinski definition) is 2. The maximum absolute atomic E-state index is 6.23. The van der Waals surface area contributed by atoms with E-state index in [4.69, 9.17) is 22.3 Å². The molecule has 5 rings (SSSR count). The van der Waals surface area contributed by atoms with Crippen LogP contribution in [0, 0.1) is 0 Å². The molecule has 7 heteroatoms. The summed E-state index contributed by atoms with van der Waals surface area (Å²) in [6, 6.07) is 10.4. The summed E-state index contributed by atoms with van der Waals surface area (Å²) in [7, 11) is 1.91. The van der Waals surface area contributed by atoms with Gasteiger partial charge in [-0.1, -0.05) is 42.1 Å². The fourth-order valence-corrected chi connectivity index (χ4v) is 5.44. The van der Waals surface area contributed by atoms with Crippen LogP contribution in [0.3, 0.4) is 0 Å². The Bertz CT molecular complexity index is 1480. The van der Waals surface area contributed by atoms with Crippen molar-refractivity contribution in [2.24, 2.45) is 17.8 Å². The van der Waals surface area contributed by atoms with E-state index in [1.54, 1.807) is 4.68 Å². The summed E-state index contributed by atoms with van der Waals surface area (Å²) in [5.41, 5.74) is 13.4. The summed E-state index contributed by atoms with van der Waals surface area (Å²) in [6.45, 7) is 4.12. The number of halogens is 1. The molecule has 0 atom stereocenters. The molecule has 36 heavy (non-hydrogen) atoms. The van der Waals surface area contributed by atoms with Crippen LogP contribution in [0.2, 0.25) is 5.02 Å². The lowest BCUT2D eigenvalue weighted by Gasteiger charge is -2.31. The first kappa shape index (κ1) is 24.1. The fraction of sp³-hybridized carbons (Fsp3) is 0.276. The average molecular weight is 499 g/mol. The van der Waals surface area contributed by atoms with Gasteiger partial charge in [0.05, 0.1) is 11.9 Å². The highest BCUT2D eigenvalue weighted by molar-refractivity contribution is 6.30. The van der Waals surface area contributed by atoms with Crippen molar-refractivity contribution in [3.63, 3.8) is 0 Å². The van der Waals surface area contributed by atoms with E-state index in [9.17, 15) is 0 Å². The number of H-pyrrole nitrogens is 1. The van der Waals surface area contributed by atoms with Gasteiger partial charge in [-0.25, -0.2) is 9.98 Å². The lowest BCUT2D eigenvalue weighted by Crippen LogP contribution is -2.24. The molecule has 0 spiro atoms. The highest BCUT2D eigenvalue weighted by atomic mass is 35.5. The molecule has 0 unspecified atom stereocenters. The molecule has 0 saturated heterocycles. The van der Waals surface area contributed by atoms with Crippen molar-refractivity contribution in [3.05, 3.63) is 94.8 Å². The van der Waals surface area contributed by atoms with Gasteiger partial charge in [-0.15, -0.1) is 0 Å². The number of aromatic amines is 1. The topological polar surface area (TPSA) is 84.9 Å². The summed E-state index contributed by atoms with van der Waals surface area (Å²) in [6.07, 6.45) is 16.3. The maximum Gasteiger partial charge on any atom is 0.137 e. The molecule has 1 saturated carbocycles. The smallest absolute Gasteiger partial charge is 0.137 e. The number of benzene rings is 1. The zero-order valence-electron chi connectivity index (χ0n) is 20.9. The number of rotatable bonds is 6. The van der Waals surface area contributed by atoms with E-state index in [0.717, 1.165) is 51.3 Å². The highest BCUT2D eigenvalue weighted by Crippen LogP contribution is 2.47. The van der Waals surface area contributed by atoms with Crippen LogP contribution in [0.15, 0.2) is 83.7 Å². The van der Waals surface area contributed by atoms with Crippen molar-refractivity contribution in [1.29, 1.82) is 0 Å². The minimum Gasteiger partial charge on any atom is -0.384 e. The van der Waals surface area contributed by atoms with Gasteiger partial charge in [-0.05, 0) is 62.6 Å². The van der Waals surface area contributed by atoms with Gasteiger partial charge in [0.25, 0.3) is 0 Å². The van der Waals surface area contributed by atoms with E-state index < -0.39 is 0 Å². The number of nitrogens with one attached hydrogen (secondary N) is 1. The summed E-state index contributed by atoms with van der Waals surface area (Å²) in [5, 5.41) is 6.06. The Morgan fingerprint density at radius 2 is 1.92 bits per heavy atom. The number of aryl methyl sites for hydroxylation is 1. The predicted octanol–water partition coefficient (Wildman–Crippen LogP) is 6.68. The van der Waals surface area contributed by atoms with Gasteiger partial charge in [0.15, 0.2) is 0 Å². The standard InChI is InChI=1S/C29H31ClN6/c1-4-27(31)35-26(13-19(2)29(11-5-6-12-29)22-7-9-23(30)10-8-22)25-17-33-28-24(25)14-20(15-32-28)21-16-34-36(3)18-21/h4,7-10,13-18H,5-6,11-12,31H2,1-3H3,(H,32,33)/b19-13+,27-4?,35-26?. The van der Waals surface area contributed by atoms with Crippen LogP contribution in [0.1, 0.15) is 50.7 Å². The summed E-state index contributed by atoms with van der Waals surface area (Å²) in [4.78, 5) is 12.8. The molecule has 1 aliphatic rings. The Morgan fingerprint density at radius 3 is 2.58 bits per heavy atom. The molecule has 184 valence electrons. The first-order valence-electron chi connectivity index (χ1n) is 12.3. The minimum atomic E-state index is -0.0404. The molecule has 0 radical (unpaired) electrons. The minimum absolute atomic E-state index is 0.0404. The van der Waals surface area contributed by atoms with Crippen molar-refractivity contribution < 1.29 is 0 Å². The SMILES string of the molecule is CC=C(N)N=C(/C=C(\C)C1(c2ccc(Cl)cc2)CCCC1)c1c[nH]c2ncc(-c3cnn(C)c3)cc12. The number of allylic oxidation sites excluding steroid dienone is 3. The van der Waals surface area contributed by atoms with Crippen molar-refractivity contribution in [3.8, 4) is 11.1 Å². The summed E-state index contributed by atoms with van der Waals surface area (Å²) in [5.74, 6) is 0.478. The number of nitrogens with two attached hydrogens (primary N) is 1. The molecule has 3 N–H and O–H groups in total. The first-order chi connectivity index (χ1) is 17.4. The van der Waals surface area contributed by atoms with Crippen LogP contribution in [0.25, 0.3) is 22.2 Å². The van der Waals surface area contributed by atoms with E-state index in [-0.39, 0.29) is 5.41 Å². The number of pyridine rings is 1. The molecule has 4 aromatic rings. The Morgan fingerprint density at radius 1 is 1.17 bits per heavy atom. The third-order valence-electron chi connectivity index (χ3n) is 7.35. The summed E-state index contributed by atoms with van der Waals surface area (Å²) < 4.78 is 1.79. The second-order valence-electron chi connectivity index (χ2n) is 9.56. The molecular weight excluding hydrogens is 468 g/mol. The van der Waals surface area contributed by atoms with Crippen LogP contribution in [-0.2, 0) is 12.5 Å². The van der Waals surface area contributed by atoms with Crippen LogP contribution < -0.4 is 5.73 Å². The van der Waals surface area contributed by atoms with Gasteiger partial charge >= 0.3 is 0 Å². The molecule has 1 fully saturated rings. The van der Waals surface area contributed by atoms with Crippen molar-refractivity contribution in [2.75, 3.05) is 0 Å². The van der Waals surface area contributed by atoms with Crippen molar-refractivity contribution in [1.82, 2.24) is 19.7 Å². The Labute approximate surface area is 216 Å². The van der Waals surface area contributed by atoms with Gasteiger partial charge in [0, 0.05) is 58.2 Å². The van der Waals surface area contributed by atoms with Crippen LogP contribution in [0.5, 0.6) is 0 Å². The zero-order chi connectivity index (χ0) is 25.3. The summed E-state index contributed by atoms with van der Waals surface area (Å²) >= 11 is 6.21. The maximum atomic E-state index is 6.23. The number of aliphatic imine (C=N–C) groups is 1. The highest BCUT2D eigenvalue weighted by Gasteiger charge is 2.37. The zero-order valence-corrected chi connectivity index (χ0v) is 21.7. The molecule has 3 heterocycles. The quantitative estimate of drug-likeness (QED) is 0.290. The van der Waals surface area contributed by atoms with Crippen LogP contribution in [-0.4, -0.2) is 25.5 Å². The fourth-order valence-electron chi connectivity index (χ4n) is 5.32. The van der Waals surface area contributed by atoms with Crippen LogP contribution >= 0.6 is 11.6 Å². The monoisotopic (exact) mass is 498 g/mol. The van der Waals surface area contributed by atoms with Gasteiger partial charge in [0.2, 0.25) is 0 Å². The van der Waals surface area contributed by atoms with Gasteiger partial charge < -0.3 is 10.7 Å². The van der Waals surface area contributed by atoms with E-state index in [1.807, 2.05) is 57.0 Å². The third kappa shape index (κ3) is 4.49. The Balaban J connectivity index is 1.64. The van der Waals surface area contributed by atoms with E-state index in [0.29, 0.717) is 5.82 Å². The molecule has 0 bridgehead atoms. The lowest BCUT2D eigenvalue weighted by molar-refractivity contribution is 0.523. The average Bonchev–Trinajstić information content (AvgIpc) is 3.63. The molecular formula is C29H31ClN6. The molecule has 0 amide bonds. The number of nitrogens with zero attached hydrogens (tertiary/aromatic N) is 4. The Hall–Kier alpha value is -3.64. The molecule has 0 aliphatic heterocycles. The van der Waals surface area contributed by atoms with Crippen molar-refractivity contribution in [2.45, 2.75) is 44.9 Å². The lowest BCUT2D eigenvalue weighted by atomic mass is 9.72. The number of aromatic nitrogens is 4. The van der Waals surface area contributed by atoms with Crippen molar-refractivity contribution >= 4 is 28.3 Å². The largest absolute Gasteiger partial charge is 0.384 e. The first-order valence-corrected chi connectivity index (χ1v) is 12.7. The van der Waals surface area contributed by atoms with Crippen LogP contribution in [0.4, 0.5) is 0 Å². The predicted molar refractivity (Wildman–Crippen MR) is 148 cm³/mol. The van der Waals surface area contributed by atoms with E-state index >= 15 is 0 Å². The number of hydrogen-bond acceptors (Lipinski definition) is 4. The van der Waals surface area contributed by atoms with Gasteiger partial charge in [-0.3, -0.25) is 4.68 Å². The van der Waals surface area contributed by atoms with Gasteiger partial charge in [-0.2, -0.15) is 5.10 Å². The molecule has 1 aliphatic carbocycles. The Kier molecular flexibility index (Phi) is 6.54.